The number of halogens is 3. The molecule has 18 heavy (non-hydrogen) atoms. The first-order chi connectivity index (χ1) is 8.44. The van der Waals surface area contributed by atoms with E-state index in [2.05, 4.69) is 5.32 Å². The van der Waals surface area contributed by atoms with E-state index in [4.69, 9.17) is 16.7 Å². The Morgan fingerprint density at radius 2 is 2.11 bits per heavy atom. The van der Waals surface area contributed by atoms with Gasteiger partial charge in [-0.15, -0.1) is 11.8 Å². The van der Waals surface area contributed by atoms with Crippen molar-refractivity contribution >= 4 is 29.3 Å². The molecule has 0 aliphatic rings. The number of hydrogen-bond acceptors (Lipinski definition) is 3. The Labute approximate surface area is 113 Å². The van der Waals surface area contributed by atoms with Crippen LogP contribution in [0.5, 0.6) is 0 Å². The molecule has 0 aromatic heterocycles. The lowest BCUT2D eigenvalue weighted by Gasteiger charge is -2.13. The summed E-state index contributed by atoms with van der Waals surface area (Å²) in [5.74, 6) is -3.83. The molecule has 1 aromatic rings. The van der Waals surface area contributed by atoms with Crippen LogP contribution in [0.4, 0.5) is 8.78 Å². The number of carbonyl (C=O) groups is 1. The second-order valence-electron chi connectivity index (χ2n) is 3.51. The van der Waals surface area contributed by atoms with Crippen LogP contribution >= 0.6 is 23.4 Å². The molecule has 0 aliphatic carbocycles. The van der Waals surface area contributed by atoms with Gasteiger partial charge in [-0.3, -0.25) is 4.79 Å². The molecule has 0 aliphatic heterocycles. The molecule has 100 valence electrons. The predicted molar refractivity (Wildman–Crippen MR) is 67.2 cm³/mol. The minimum atomic E-state index is -3.29. The van der Waals surface area contributed by atoms with Crippen molar-refractivity contribution in [2.24, 2.45) is 0 Å². The summed E-state index contributed by atoms with van der Waals surface area (Å²) in [6.45, 7) is -2.16. The Bertz CT molecular complexity index is 418. The summed E-state index contributed by atoms with van der Waals surface area (Å²) in [7, 11) is 0. The normalized spacial score (nSPS) is 11.3. The van der Waals surface area contributed by atoms with Crippen molar-refractivity contribution in [3.05, 3.63) is 29.3 Å². The fourth-order valence-electron chi connectivity index (χ4n) is 1.04. The number of nitrogens with one attached hydrogen (secondary N) is 1. The Hall–Kier alpha value is -0.850. The van der Waals surface area contributed by atoms with Crippen molar-refractivity contribution in [2.45, 2.75) is 10.8 Å². The Morgan fingerprint density at radius 3 is 2.72 bits per heavy atom. The number of aliphatic hydroxyl groups excluding tert-OH is 1. The molecule has 1 aromatic carbocycles. The topological polar surface area (TPSA) is 49.3 Å². The number of carbonyl (C=O) groups excluding carboxylic acids is 1. The monoisotopic (exact) mass is 295 g/mol. The van der Waals surface area contributed by atoms with Crippen LogP contribution in [0.25, 0.3) is 0 Å². The molecular formula is C11H12ClF2NO2S. The zero-order chi connectivity index (χ0) is 13.6. The van der Waals surface area contributed by atoms with Gasteiger partial charge >= 0.3 is 0 Å². The summed E-state index contributed by atoms with van der Waals surface area (Å²) >= 11 is 7.04. The minimum absolute atomic E-state index is 0.00869. The van der Waals surface area contributed by atoms with Crippen LogP contribution < -0.4 is 5.32 Å². The number of aliphatic hydroxyl groups is 1. The fourth-order valence-corrected chi connectivity index (χ4v) is 2.11. The molecule has 0 saturated heterocycles. The quantitative estimate of drug-likeness (QED) is 0.791. The first-order valence-electron chi connectivity index (χ1n) is 5.07. The van der Waals surface area contributed by atoms with Crippen molar-refractivity contribution in [1.82, 2.24) is 5.32 Å². The summed E-state index contributed by atoms with van der Waals surface area (Å²) in [4.78, 5) is 12.0. The summed E-state index contributed by atoms with van der Waals surface area (Å²) in [5.41, 5.74) is 0. The molecule has 0 spiro atoms. The van der Waals surface area contributed by atoms with Crippen LogP contribution in [0.3, 0.4) is 0 Å². The van der Waals surface area contributed by atoms with Gasteiger partial charge in [0, 0.05) is 4.90 Å². The van der Waals surface area contributed by atoms with Crippen molar-refractivity contribution in [1.29, 1.82) is 0 Å². The maximum Gasteiger partial charge on any atom is 0.287 e. The van der Waals surface area contributed by atoms with Crippen molar-refractivity contribution in [3.8, 4) is 0 Å². The Kier molecular flexibility index (Phi) is 5.84. The molecule has 0 atom stereocenters. The van der Waals surface area contributed by atoms with Crippen LogP contribution in [0.15, 0.2) is 29.2 Å². The lowest BCUT2D eigenvalue weighted by Crippen LogP contribution is -2.39. The first-order valence-corrected chi connectivity index (χ1v) is 6.44. The molecule has 0 saturated carbocycles. The largest absolute Gasteiger partial charge is 0.390 e. The molecule has 0 radical (unpaired) electrons. The maximum absolute atomic E-state index is 12.6. The van der Waals surface area contributed by atoms with Gasteiger partial charge in [-0.1, -0.05) is 23.7 Å². The van der Waals surface area contributed by atoms with Gasteiger partial charge in [0.15, 0.2) is 0 Å². The third kappa shape index (κ3) is 5.20. The number of hydrogen-bond donors (Lipinski definition) is 2. The third-order valence-electron chi connectivity index (χ3n) is 1.97. The summed E-state index contributed by atoms with van der Waals surface area (Å²) < 4.78 is 25.3. The molecule has 0 heterocycles. The maximum atomic E-state index is 12.6. The first kappa shape index (κ1) is 15.2. The number of amides is 1. The average Bonchev–Trinajstić information content (AvgIpc) is 2.35. The van der Waals surface area contributed by atoms with E-state index < -0.39 is 25.0 Å². The van der Waals surface area contributed by atoms with Gasteiger partial charge in [0.25, 0.3) is 5.92 Å². The molecule has 1 amide bonds. The van der Waals surface area contributed by atoms with Crippen LogP contribution in [0.1, 0.15) is 0 Å². The van der Waals surface area contributed by atoms with E-state index in [1.807, 2.05) is 0 Å². The highest BCUT2D eigenvalue weighted by Gasteiger charge is 2.28. The van der Waals surface area contributed by atoms with E-state index in [-0.39, 0.29) is 5.75 Å². The zero-order valence-electron chi connectivity index (χ0n) is 9.33. The molecule has 7 heteroatoms. The number of rotatable bonds is 6. The molecular weight excluding hydrogens is 284 g/mol. The standard InChI is InChI=1S/C11H12ClF2NO2S/c12-8-3-1-2-4-9(8)18-5-10(17)15-6-11(13,14)7-16/h1-4,16H,5-7H2,(H,15,17). The van der Waals surface area contributed by atoms with Gasteiger partial charge in [-0.05, 0) is 12.1 Å². The third-order valence-corrected chi connectivity index (χ3v) is 3.49. The lowest BCUT2D eigenvalue weighted by atomic mass is 10.3. The van der Waals surface area contributed by atoms with Gasteiger partial charge in [0.05, 0.1) is 17.3 Å². The lowest BCUT2D eigenvalue weighted by molar-refractivity contribution is -0.121. The predicted octanol–water partition coefficient (Wildman–Crippen LogP) is 2.18. The molecule has 3 nitrogen and oxygen atoms in total. The van der Waals surface area contributed by atoms with E-state index in [1.54, 1.807) is 24.3 Å². The fraction of sp³-hybridized carbons (Fsp3) is 0.364. The molecule has 2 N–H and O–H groups in total. The van der Waals surface area contributed by atoms with E-state index in [9.17, 15) is 13.6 Å². The highest BCUT2D eigenvalue weighted by Crippen LogP contribution is 2.26. The number of thioether (sulfide) groups is 1. The van der Waals surface area contributed by atoms with Gasteiger partial charge in [0.2, 0.25) is 5.91 Å². The van der Waals surface area contributed by atoms with Gasteiger partial charge in [-0.25, -0.2) is 8.78 Å². The molecule has 0 fully saturated rings. The molecule has 0 unspecified atom stereocenters. The van der Waals surface area contributed by atoms with E-state index in [0.29, 0.717) is 9.92 Å². The van der Waals surface area contributed by atoms with Gasteiger partial charge < -0.3 is 10.4 Å². The summed E-state index contributed by atoms with van der Waals surface area (Å²) in [5, 5.41) is 10.9. The van der Waals surface area contributed by atoms with E-state index in [0.717, 1.165) is 11.8 Å². The minimum Gasteiger partial charge on any atom is -0.390 e. The zero-order valence-corrected chi connectivity index (χ0v) is 10.9. The van der Waals surface area contributed by atoms with Crippen LogP contribution in [-0.4, -0.2) is 35.8 Å². The summed E-state index contributed by atoms with van der Waals surface area (Å²) in [6.07, 6.45) is 0. The van der Waals surface area contributed by atoms with E-state index >= 15 is 0 Å². The smallest absolute Gasteiger partial charge is 0.287 e. The Balaban J connectivity index is 2.36. The van der Waals surface area contributed by atoms with E-state index in [1.165, 1.54) is 0 Å². The van der Waals surface area contributed by atoms with Crippen LogP contribution in [-0.2, 0) is 4.79 Å². The second kappa shape index (κ2) is 6.92. The summed E-state index contributed by atoms with van der Waals surface area (Å²) in [6, 6.07) is 6.95. The number of benzene rings is 1. The van der Waals surface area contributed by atoms with Gasteiger partial charge in [-0.2, -0.15) is 0 Å². The van der Waals surface area contributed by atoms with Crippen molar-refractivity contribution < 1.29 is 18.7 Å². The highest BCUT2D eigenvalue weighted by atomic mass is 35.5. The Morgan fingerprint density at radius 1 is 1.44 bits per heavy atom. The average molecular weight is 296 g/mol. The van der Waals surface area contributed by atoms with Crippen LogP contribution in [0, 0.1) is 0 Å². The molecule has 0 bridgehead atoms. The van der Waals surface area contributed by atoms with Gasteiger partial charge in [0.1, 0.15) is 6.61 Å². The SMILES string of the molecule is O=C(CSc1ccccc1Cl)NCC(F)(F)CO. The highest BCUT2D eigenvalue weighted by molar-refractivity contribution is 8.00. The van der Waals surface area contributed by atoms with Crippen molar-refractivity contribution in [2.75, 3.05) is 18.9 Å². The molecule has 1 rings (SSSR count). The van der Waals surface area contributed by atoms with Crippen LogP contribution in [0.2, 0.25) is 5.02 Å². The number of alkyl halides is 2. The second-order valence-corrected chi connectivity index (χ2v) is 4.93. The van der Waals surface area contributed by atoms with Crippen molar-refractivity contribution in [3.63, 3.8) is 0 Å².